The zero-order valence-electron chi connectivity index (χ0n) is 9.77. The molecule has 1 unspecified atom stereocenters. The van der Waals surface area contributed by atoms with Crippen LogP contribution in [0.15, 0.2) is 0 Å². The second-order valence-corrected chi connectivity index (χ2v) is 4.47. The standard InChI is InChI=1S/C12H25NO/c1-3-12(8-4-6-10-13-12)9-5-7-11-14-2/h13H,3-11H2,1-2H3. The van der Waals surface area contributed by atoms with E-state index >= 15 is 0 Å². The van der Waals surface area contributed by atoms with Crippen LogP contribution in [0.5, 0.6) is 0 Å². The lowest BCUT2D eigenvalue weighted by atomic mass is 9.82. The molecule has 1 aliphatic heterocycles. The Balaban J connectivity index is 2.22. The van der Waals surface area contributed by atoms with Crippen LogP contribution in [0, 0.1) is 0 Å². The highest BCUT2D eigenvalue weighted by Gasteiger charge is 2.28. The maximum Gasteiger partial charge on any atom is 0.0462 e. The average molecular weight is 199 g/mol. The van der Waals surface area contributed by atoms with Crippen molar-refractivity contribution in [3.05, 3.63) is 0 Å². The first kappa shape index (κ1) is 12.0. The lowest BCUT2D eigenvalue weighted by Crippen LogP contribution is -2.47. The van der Waals surface area contributed by atoms with E-state index in [1.807, 2.05) is 0 Å². The third-order valence-electron chi connectivity index (χ3n) is 3.51. The SMILES string of the molecule is CCC1(CCCCOC)CCCCN1. The summed E-state index contributed by atoms with van der Waals surface area (Å²) in [4.78, 5) is 0. The number of rotatable bonds is 6. The van der Waals surface area contributed by atoms with E-state index in [0.29, 0.717) is 5.54 Å². The van der Waals surface area contributed by atoms with Gasteiger partial charge in [-0.05, 0) is 45.1 Å². The molecule has 1 atom stereocenters. The van der Waals surface area contributed by atoms with Gasteiger partial charge in [-0.25, -0.2) is 0 Å². The number of methoxy groups -OCH3 is 1. The molecule has 1 aliphatic rings. The van der Waals surface area contributed by atoms with Gasteiger partial charge >= 0.3 is 0 Å². The number of unbranched alkanes of at least 4 members (excludes halogenated alkanes) is 1. The Morgan fingerprint density at radius 1 is 1.29 bits per heavy atom. The van der Waals surface area contributed by atoms with Crippen LogP contribution in [-0.4, -0.2) is 25.8 Å². The lowest BCUT2D eigenvalue weighted by Gasteiger charge is -2.38. The molecule has 14 heavy (non-hydrogen) atoms. The van der Waals surface area contributed by atoms with E-state index < -0.39 is 0 Å². The molecule has 2 nitrogen and oxygen atoms in total. The van der Waals surface area contributed by atoms with Gasteiger partial charge in [0.15, 0.2) is 0 Å². The third-order valence-corrected chi connectivity index (χ3v) is 3.51. The summed E-state index contributed by atoms with van der Waals surface area (Å²) in [6.07, 6.45) is 9.25. The number of ether oxygens (including phenoxy) is 1. The topological polar surface area (TPSA) is 21.3 Å². The van der Waals surface area contributed by atoms with E-state index in [1.54, 1.807) is 7.11 Å². The molecule has 1 N–H and O–H groups in total. The van der Waals surface area contributed by atoms with Gasteiger partial charge in [-0.1, -0.05) is 13.3 Å². The number of hydrogen-bond acceptors (Lipinski definition) is 2. The number of nitrogens with one attached hydrogen (secondary N) is 1. The summed E-state index contributed by atoms with van der Waals surface area (Å²) in [6, 6.07) is 0. The second kappa shape index (κ2) is 6.41. The van der Waals surface area contributed by atoms with E-state index in [1.165, 1.54) is 51.5 Å². The van der Waals surface area contributed by atoms with Gasteiger partial charge in [0.2, 0.25) is 0 Å². The minimum absolute atomic E-state index is 0.464. The monoisotopic (exact) mass is 199 g/mol. The van der Waals surface area contributed by atoms with Crippen LogP contribution in [0.1, 0.15) is 51.9 Å². The maximum absolute atomic E-state index is 5.08. The minimum Gasteiger partial charge on any atom is -0.385 e. The molecule has 0 aliphatic carbocycles. The summed E-state index contributed by atoms with van der Waals surface area (Å²) >= 11 is 0. The second-order valence-electron chi connectivity index (χ2n) is 4.47. The smallest absolute Gasteiger partial charge is 0.0462 e. The molecule has 0 aromatic carbocycles. The molecular formula is C12H25NO. The predicted molar refractivity (Wildman–Crippen MR) is 60.6 cm³/mol. The molecule has 0 spiro atoms. The van der Waals surface area contributed by atoms with Crippen molar-refractivity contribution < 1.29 is 4.74 Å². The van der Waals surface area contributed by atoms with Crippen molar-refractivity contribution in [2.24, 2.45) is 0 Å². The molecule has 1 fully saturated rings. The summed E-state index contributed by atoms with van der Waals surface area (Å²) in [5.41, 5.74) is 0.464. The van der Waals surface area contributed by atoms with Crippen molar-refractivity contribution in [1.82, 2.24) is 5.32 Å². The van der Waals surface area contributed by atoms with Crippen molar-refractivity contribution in [3.63, 3.8) is 0 Å². The Labute approximate surface area is 88.4 Å². The summed E-state index contributed by atoms with van der Waals surface area (Å²) in [5, 5.41) is 3.72. The highest BCUT2D eigenvalue weighted by atomic mass is 16.5. The van der Waals surface area contributed by atoms with Gasteiger partial charge in [0.25, 0.3) is 0 Å². The van der Waals surface area contributed by atoms with Crippen LogP contribution in [0.25, 0.3) is 0 Å². The Hall–Kier alpha value is -0.0800. The van der Waals surface area contributed by atoms with E-state index in [2.05, 4.69) is 12.2 Å². The van der Waals surface area contributed by atoms with E-state index in [0.717, 1.165) is 6.61 Å². The number of hydrogen-bond donors (Lipinski definition) is 1. The van der Waals surface area contributed by atoms with Gasteiger partial charge in [0.1, 0.15) is 0 Å². The molecule has 0 bridgehead atoms. The predicted octanol–water partition coefficient (Wildman–Crippen LogP) is 2.73. The molecule has 2 heteroatoms. The van der Waals surface area contributed by atoms with Crippen LogP contribution >= 0.6 is 0 Å². The van der Waals surface area contributed by atoms with E-state index in [4.69, 9.17) is 4.74 Å². The van der Waals surface area contributed by atoms with Gasteiger partial charge in [-0.2, -0.15) is 0 Å². The van der Waals surface area contributed by atoms with Gasteiger partial charge < -0.3 is 10.1 Å². The van der Waals surface area contributed by atoms with E-state index in [-0.39, 0.29) is 0 Å². The largest absolute Gasteiger partial charge is 0.385 e. The van der Waals surface area contributed by atoms with Crippen LogP contribution < -0.4 is 5.32 Å². The molecular weight excluding hydrogens is 174 g/mol. The zero-order chi connectivity index (χ0) is 10.3. The fourth-order valence-electron chi connectivity index (χ4n) is 2.43. The van der Waals surface area contributed by atoms with E-state index in [9.17, 15) is 0 Å². The number of piperidine rings is 1. The van der Waals surface area contributed by atoms with Crippen LogP contribution in [-0.2, 0) is 4.74 Å². The van der Waals surface area contributed by atoms with Crippen molar-refractivity contribution in [3.8, 4) is 0 Å². The van der Waals surface area contributed by atoms with Crippen LogP contribution in [0.4, 0.5) is 0 Å². The minimum atomic E-state index is 0.464. The third kappa shape index (κ3) is 3.58. The summed E-state index contributed by atoms with van der Waals surface area (Å²) in [5.74, 6) is 0. The molecule has 84 valence electrons. The van der Waals surface area contributed by atoms with Gasteiger partial charge in [0.05, 0.1) is 0 Å². The lowest BCUT2D eigenvalue weighted by molar-refractivity contribution is 0.177. The quantitative estimate of drug-likeness (QED) is 0.664. The Morgan fingerprint density at radius 2 is 2.14 bits per heavy atom. The Morgan fingerprint density at radius 3 is 2.71 bits per heavy atom. The molecule has 0 aromatic rings. The Bertz CT molecular complexity index is 141. The van der Waals surface area contributed by atoms with Crippen molar-refractivity contribution in [2.75, 3.05) is 20.3 Å². The van der Waals surface area contributed by atoms with Crippen molar-refractivity contribution in [2.45, 2.75) is 57.4 Å². The average Bonchev–Trinajstić information content (AvgIpc) is 2.26. The van der Waals surface area contributed by atoms with Gasteiger partial charge in [0, 0.05) is 19.3 Å². The highest BCUT2D eigenvalue weighted by Crippen LogP contribution is 2.27. The van der Waals surface area contributed by atoms with Crippen molar-refractivity contribution in [1.29, 1.82) is 0 Å². The molecule has 0 aromatic heterocycles. The zero-order valence-corrected chi connectivity index (χ0v) is 9.77. The normalized spacial score (nSPS) is 27.9. The van der Waals surface area contributed by atoms with Gasteiger partial charge in [-0.3, -0.25) is 0 Å². The first-order valence-electron chi connectivity index (χ1n) is 6.07. The fourth-order valence-corrected chi connectivity index (χ4v) is 2.43. The van der Waals surface area contributed by atoms with Crippen molar-refractivity contribution >= 4 is 0 Å². The molecule has 1 heterocycles. The summed E-state index contributed by atoms with van der Waals surface area (Å²) in [7, 11) is 1.79. The molecule has 0 amide bonds. The molecule has 1 rings (SSSR count). The van der Waals surface area contributed by atoms with Crippen LogP contribution in [0.3, 0.4) is 0 Å². The fraction of sp³-hybridized carbons (Fsp3) is 1.00. The molecule has 0 saturated carbocycles. The summed E-state index contributed by atoms with van der Waals surface area (Å²) < 4.78 is 5.08. The molecule has 0 radical (unpaired) electrons. The first-order chi connectivity index (χ1) is 6.83. The highest BCUT2D eigenvalue weighted by molar-refractivity contribution is 4.89. The first-order valence-corrected chi connectivity index (χ1v) is 6.07. The maximum atomic E-state index is 5.08. The Kier molecular flexibility index (Phi) is 5.49. The van der Waals surface area contributed by atoms with Gasteiger partial charge in [-0.15, -0.1) is 0 Å². The molecule has 1 saturated heterocycles. The summed E-state index contributed by atoms with van der Waals surface area (Å²) in [6.45, 7) is 4.45. The van der Waals surface area contributed by atoms with Crippen LogP contribution in [0.2, 0.25) is 0 Å².